The number of carbonyl (C=O) groups excluding carboxylic acids is 1. The first-order valence-corrected chi connectivity index (χ1v) is 10.1. The number of hydrogen-bond donors (Lipinski definition) is 1. The molecule has 0 aliphatic heterocycles. The lowest BCUT2D eigenvalue weighted by Gasteiger charge is -2.12. The fourth-order valence-corrected chi connectivity index (χ4v) is 3.20. The van der Waals surface area contributed by atoms with E-state index in [0.29, 0.717) is 28.5 Å². The molecule has 0 radical (unpaired) electrons. The molecule has 0 bridgehead atoms. The van der Waals surface area contributed by atoms with E-state index in [2.05, 4.69) is 15.3 Å². The van der Waals surface area contributed by atoms with Crippen LogP contribution in [0.25, 0.3) is 5.78 Å². The average molecular weight is 435 g/mol. The van der Waals surface area contributed by atoms with Gasteiger partial charge in [0.25, 0.3) is 17.2 Å². The molecule has 164 valence electrons. The highest BCUT2D eigenvalue weighted by molar-refractivity contribution is 6.04. The first kappa shape index (κ1) is 21.2. The molecule has 0 saturated carbocycles. The van der Waals surface area contributed by atoms with E-state index in [1.54, 1.807) is 23.1 Å². The van der Waals surface area contributed by atoms with Gasteiger partial charge in [-0.3, -0.25) is 14.3 Å². The standard InChI is InChI=1S/C23H22FN5O3/c1-14(2)28-13-25-23-27-19(11-21(30)29(23)28)12-32-20-10-18(9-4-15(20)3)26-22(31)16-5-7-17(24)8-6-16/h4-11,13-14H,12H2,1-3H3,(H,26,31). The van der Waals surface area contributed by atoms with Crippen LogP contribution in [0.5, 0.6) is 5.75 Å². The van der Waals surface area contributed by atoms with Gasteiger partial charge in [-0.1, -0.05) is 6.07 Å². The van der Waals surface area contributed by atoms with E-state index in [0.717, 1.165) is 5.56 Å². The second-order valence-electron chi connectivity index (χ2n) is 7.65. The van der Waals surface area contributed by atoms with Crippen LogP contribution in [-0.4, -0.2) is 25.1 Å². The summed E-state index contributed by atoms with van der Waals surface area (Å²) in [5.74, 6) is 0.0779. The third kappa shape index (κ3) is 4.36. The number of amides is 1. The van der Waals surface area contributed by atoms with Gasteiger partial charge in [-0.25, -0.2) is 9.37 Å². The summed E-state index contributed by atoms with van der Waals surface area (Å²) >= 11 is 0. The Bertz CT molecular complexity index is 1340. The predicted octanol–water partition coefficient (Wildman–Crippen LogP) is 3.75. The molecule has 4 aromatic rings. The van der Waals surface area contributed by atoms with Gasteiger partial charge in [-0.05, 0) is 56.7 Å². The van der Waals surface area contributed by atoms with Crippen molar-refractivity contribution >= 4 is 17.4 Å². The summed E-state index contributed by atoms with van der Waals surface area (Å²) in [6.07, 6.45) is 1.58. The molecule has 1 amide bonds. The van der Waals surface area contributed by atoms with Crippen molar-refractivity contribution in [1.82, 2.24) is 19.2 Å². The number of fused-ring (bicyclic) bond motifs is 1. The molecule has 2 aromatic carbocycles. The number of rotatable bonds is 6. The zero-order valence-corrected chi connectivity index (χ0v) is 17.9. The maximum Gasteiger partial charge on any atom is 0.274 e. The van der Waals surface area contributed by atoms with E-state index in [4.69, 9.17) is 4.74 Å². The number of halogens is 1. The number of nitrogens with zero attached hydrogens (tertiary/aromatic N) is 4. The Balaban J connectivity index is 1.50. The van der Waals surface area contributed by atoms with Crippen LogP contribution in [0.4, 0.5) is 10.1 Å². The zero-order valence-electron chi connectivity index (χ0n) is 17.9. The van der Waals surface area contributed by atoms with E-state index in [9.17, 15) is 14.0 Å². The number of aryl methyl sites for hydroxylation is 1. The minimum Gasteiger partial charge on any atom is -0.487 e. The third-order valence-corrected chi connectivity index (χ3v) is 4.91. The molecule has 0 spiro atoms. The molecule has 0 aliphatic rings. The fraction of sp³-hybridized carbons (Fsp3) is 0.217. The Hall–Kier alpha value is -4.01. The number of anilines is 1. The monoisotopic (exact) mass is 435 g/mol. The first-order chi connectivity index (χ1) is 15.3. The van der Waals surface area contributed by atoms with Crippen LogP contribution in [0.3, 0.4) is 0 Å². The zero-order chi connectivity index (χ0) is 22.8. The second-order valence-corrected chi connectivity index (χ2v) is 7.65. The summed E-state index contributed by atoms with van der Waals surface area (Å²) in [5, 5.41) is 2.77. The van der Waals surface area contributed by atoms with Crippen LogP contribution < -0.4 is 15.6 Å². The first-order valence-electron chi connectivity index (χ1n) is 10.1. The van der Waals surface area contributed by atoms with Gasteiger partial charge in [0.1, 0.15) is 24.5 Å². The summed E-state index contributed by atoms with van der Waals surface area (Å²) < 4.78 is 22.1. The molecular weight excluding hydrogens is 413 g/mol. The van der Waals surface area contributed by atoms with Gasteiger partial charge in [0.05, 0.1) is 5.69 Å². The lowest BCUT2D eigenvalue weighted by molar-refractivity contribution is 0.102. The number of nitrogens with one attached hydrogen (secondary N) is 1. The fourth-order valence-electron chi connectivity index (χ4n) is 3.20. The van der Waals surface area contributed by atoms with Gasteiger partial charge in [0.2, 0.25) is 0 Å². The molecule has 2 aromatic heterocycles. The number of ether oxygens (including phenoxy) is 1. The van der Waals surface area contributed by atoms with Gasteiger partial charge < -0.3 is 10.1 Å². The van der Waals surface area contributed by atoms with Crippen molar-refractivity contribution in [2.75, 3.05) is 5.32 Å². The predicted molar refractivity (Wildman–Crippen MR) is 117 cm³/mol. The van der Waals surface area contributed by atoms with E-state index in [1.165, 1.54) is 34.8 Å². The van der Waals surface area contributed by atoms with Crippen molar-refractivity contribution in [2.45, 2.75) is 33.4 Å². The largest absolute Gasteiger partial charge is 0.487 e. The minimum absolute atomic E-state index is 0.0660. The van der Waals surface area contributed by atoms with Crippen LogP contribution in [0.1, 0.15) is 41.5 Å². The van der Waals surface area contributed by atoms with E-state index < -0.39 is 5.82 Å². The van der Waals surface area contributed by atoms with Gasteiger partial charge in [0, 0.05) is 29.4 Å². The normalized spacial score (nSPS) is 11.2. The molecule has 1 N–H and O–H groups in total. The average Bonchev–Trinajstić information content (AvgIpc) is 3.19. The number of hydrogen-bond acceptors (Lipinski definition) is 5. The highest BCUT2D eigenvalue weighted by atomic mass is 19.1. The summed E-state index contributed by atoms with van der Waals surface area (Å²) in [6.45, 7) is 5.84. The van der Waals surface area contributed by atoms with Crippen LogP contribution in [0.15, 0.2) is 59.7 Å². The van der Waals surface area contributed by atoms with Crippen LogP contribution in [0, 0.1) is 12.7 Å². The molecule has 0 unspecified atom stereocenters. The van der Waals surface area contributed by atoms with Gasteiger partial charge in [0.15, 0.2) is 0 Å². The Labute approximate surface area is 183 Å². The highest BCUT2D eigenvalue weighted by Gasteiger charge is 2.12. The smallest absolute Gasteiger partial charge is 0.274 e. The molecule has 2 heterocycles. The molecule has 32 heavy (non-hydrogen) atoms. The van der Waals surface area contributed by atoms with Crippen molar-refractivity contribution in [1.29, 1.82) is 0 Å². The number of aromatic nitrogens is 4. The van der Waals surface area contributed by atoms with Crippen molar-refractivity contribution < 1.29 is 13.9 Å². The lowest BCUT2D eigenvalue weighted by Crippen LogP contribution is -2.23. The van der Waals surface area contributed by atoms with Gasteiger partial charge >= 0.3 is 0 Å². The molecule has 0 fully saturated rings. The topological polar surface area (TPSA) is 90.5 Å². The molecule has 0 aliphatic carbocycles. The van der Waals surface area contributed by atoms with Crippen LogP contribution in [0.2, 0.25) is 0 Å². The Morgan fingerprint density at radius 1 is 1.16 bits per heavy atom. The van der Waals surface area contributed by atoms with Crippen LogP contribution >= 0.6 is 0 Å². The maximum absolute atomic E-state index is 13.1. The minimum atomic E-state index is -0.407. The molecular formula is C23H22FN5O3. The van der Waals surface area contributed by atoms with E-state index in [1.807, 2.05) is 26.8 Å². The quantitative estimate of drug-likeness (QED) is 0.498. The third-order valence-electron chi connectivity index (χ3n) is 4.91. The van der Waals surface area contributed by atoms with Gasteiger partial charge in [-0.15, -0.1) is 0 Å². The summed E-state index contributed by atoms with van der Waals surface area (Å²) in [5.41, 5.74) is 1.93. The summed E-state index contributed by atoms with van der Waals surface area (Å²) in [6, 6.07) is 12.0. The lowest BCUT2D eigenvalue weighted by atomic mass is 10.1. The van der Waals surface area contributed by atoms with Crippen molar-refractivity contribution in [3.05, 3.63) is 87.9 Å². The summed E-state index contributed by atoms with van der Waals surface area (Å²) in [4.78, 5) is 33.5. The number of carbonyl (C=O) groups is 1. The maximum atomic E-state index is 13.1. The van der Waals surface area contributed by atoms with Crippen LogP contribution in [-0.2, 0) is 6.61 Å². The van der Waals surface area contributed by atoms with Crippen molar-refractivity contribution in [3.8, 4) is 5.75 Å². The van der Waals surface area contributed by atoms with E-state index in [-0.39, 0.29) is 24.1 Å². The van der Waals surface area contributed by atoms with Crippen molar-refractivity contribution in [3.63, 3.8) is 0 Å². The molecule has 4 rings (SSSR count). The Morgan fingerprint density at radius 3 is 2.62 bits per heavy atom. The molecule has 9 heteroatoms. The highest BCUT2D eigenvalue weighted by Crippen LogP contribution is 2.24. The molecule has 0 atom stereocenters. The van der Waals surface area contributed by atoms with Crippen molar-refractivity contribution in [2.24, 2.45) is 0 Å². The summed E-state index contributed by atoms with van der Waals surface area (Å²) in [7, 11) is 0. The Kier molecular flexibility index (Phi) is 5.72. The van der Waals surface area contributed by atoms with Gasteiger partial charge in [-0.2, -0.15) is 9.50 Å². The number of benzene rings is 2. The molecule has 0 saturated heterocycles. The Morgan fingerprint density at radius 2 is 1.91 bits per heavy atom. The van der Waals surface area contributed by atoms with E-state index >= 15 is 0 Å². The SMILES string of the molecule is Cc1ccc(NC(=O)c2ccc(F)cc2)cc1OCc1cc(=O)n2c(ncn2C(C)C)n1. The molecule has 8 nitrogen and oxygen atoms in total. The second kappa shape index (κ2) is 8.62.